The molecule has 1 aliphatic rings. The average molecular weight is 411 g/mol. The first-order valence-corrected chi connectivity index (χ1v) is 10.4. The van der Waals surface area contributed by atoms with Crippen LogP contribution in [-0.2, 0) is 25.4 Å². The van der Waals surface area contributed by atoms with E-state index in [0.29, 0.717) is 23.0 Å². The van der Waals surface area contributed by atoms with Gasteiger partial charge in [0.1, 0.15) is 16.2 Å². The molecule has 2 aromatic heterocycles. The minimum atomic E-state index is -0.447. The maximum Gasteiger partial charge on any atom is 0.332 e. The molecular formula is C20H21N5O3S. The smallest absolute Gasteiger partial charge is 0.332 e. The van der Waals surface area contributed by atoms with Gasteiger partial charge in [-0.3, -0.25) is 18.7 Å². The molecule has 2 heterocycles. The van der Waals surface area contributed by atoms with Crippen LogP contribution in [0.5, 0.6) is 0 Å². The molecule has 1 aromatic carbocycles. The van der Waals surface area contributed by atoms with Crippen LogP contribution in [0.4, 0.5) is 0 Å². The SMILES string of the molecule is Cn1c(=O)c2c(SCC(=O)NCc3ccccc3)nc(C3CC3)nc2n(C)c1=O. The molecule has 150 valence electrons. The minimum Gasteiger partial charge on any atom is -0.351 e. The summed E-state index contributed by atoms with van der Waals surface area (Å²) >= 11 is 1.20. The highest BCUT2D eigenvalue weighted by Gasteiger charge is 2.29. The van der Waals surface area contributed by atoms with Gasteiger partial charge < -0.3 is 5.32 Å². The van der Waals surface area contributed by atoms with Crippen LogP contribution in [0.3, 0.4) is 0 Å². The zero-order valence-electron chi connectivity index (χ0n) is 16.2. The second-order valence-electron chi connectivity index (χ2n) is 7.12. The van der Waals surface area contributed by atoms with Crippen LogP contribution < -0.4 is 16.6 Å². The number of amides is 1. The quantitative estimate of drug-likeness (QED) is 0.485. The molecule has 0 unspecified atom stereocenters. The molecule has 0 bridgehead atoms. The van der Waals surface area contributed by atoms with E-state index < -0.39 is 11.2 Å². The molecule has 0 saturated heterocycles. The van der Waals surface area contributed by atoms with Gasteiger partial charge in [-0.25, -0.2) is 14.8 Å². The molecule has 1 amide bonds. The Labute approximate surface area is 171 Å². The average Bonchev–Trinajstić information content (AvgIpc) is 3.58. The van der Waals surface area contributed by atoms with Crippen LogP contribution in [0.15, 0.2) is 44.9 Å². The molecule has 4 rings (SSSR count). The number of nitrogens with zero attached hydrogens (tertiary/aromatic N) is 4. The summed E-state index contributed by atoms with van der Waals surface area (Å²) in [5.41, 5.74) is 0.456. The molecule has 1 fully saturated rings. The van der Waals surface area contributed by atoms with Gasteiger partial charge in [0.05, 0.1) is 5.75 Å². The standard InChI is InChI=1S/C20H21N5O3S/c1-24-17-15(19(27)25(2)20(24)28)18(23-16(22-17)13-8-9-13)29-11-14(26)21-10-12-6-4-3-5-7-12/h3-7,13H,8-11H2,1-2H3,(H,21,26). The summed E-state index contributed by atoms with van der Waals surface area (Å²) in [6.07, 6.45) is 1.98. The number of thioether (sulfide) groups is 1. The fraction of sp³-hybridized carbons (Fsp3) is 0.350. The van der Waals surface area contributed by atoms with Crippen molar-refractivity contribution in [1.82, 2.24) is 24.4 Å². The van der Waals surface area contributed by atoms with Crippen LogP contribution in [-0.4, -0.2) is 30.8 Å². The Bertz CT molecular complexity index is 1200. The number of hydrogen-bond acceptors (Lipinski definition) is 6. The Kier molecular flexibility index (Phi) is 5.23. The van der Waals surface area contributed by atoms with Crippen molar-refractivity contribution in [2.75, 3.05) is 5.75 Å². The highest BCUT2D eigenvalue weighted by Crippen LogP contribution is 2.39. The fourth-order valence-corrected chi connectivity index (χ4v) is 3.91. The maximum absolute atomic E-state index is 12.7. The van der Waals surface area contributed by atoms with E-state index in [1.54, 1.807) is 7.05 Å². The van der Waals surface area contributed by atoms with Gasteiger partial charge in [-0.05, 0) is 18.4 Å². The van der Waals surface area contributed by atoms with Gasteiger partial charge in [-0.15, -0.1) is 0 Å². The Morgan fingerprint density at radius 2 is 1.86 bits per heavy atom. The third kappa shape index (κ3) is 3.95. The molecule has 0 spiro atoms. The summed E-state index contributed by atoms with van der Waals surface area (Å²) in [5.74, 6) is 0.854. The topological polar surface area (TPSA) is 98.9 Å². The van der Waals surface area contributed by atoms with Crippen LogP contribution in [0.2, 0.25) is 0 Å². The number of nitrogens with one attached hydrogen (secondary N) is 1. The zero-order chi connectivity index (χ0) is 20.5. The van der Waals surface area contributed by atoms with Crippen molar-refractivity contribution in [3.63, 3.8) is 0 Å². The first-order chi connectivity index (χ1) is 14.0. The number of benzene rings is 1. The fourth-order valence-electron chi connectivity index (χ4n) is 3.05. The lowest BCUT2D eigenvalue weighted by atomic mass is 10.2. The third-order valence-corrected chi connectivity index (χ3v) is 5.87. The van der Waals surface area contributed by atoms with E-state index in [1.165, 1.54) is 23.4 Å². The van der Waals surface area contributed by atoms with E-state index >= 15 is 0 Å². The second-order valence-corrected chi connectivity index (χ2v) is 8.08. The van der Waals surface area contributed by atoms with E-state index in [-0.39, 0.29) is 23.0 Å². The Morgan fingerprint density at radius 1 is 1.14 bits per heavy atom. The van der Waals surface area contributed by atoms with Crippen molar-refractivity contribution in [3.8, 4) is 0 Å². The van der Waals surface area contributed by atoms with Gasteiger partial charge in [-0.1, -0.05) is 42.1 Å². The van der Waals surface area contributed by atoms with Gasteiger partial charge in [0.15, 0.2) is 5.65 Å². The largest absolute Gasteiger partial charge is 0.351 e. The Hall–Kier alpha value is -2.94. The molecule has 29 heavy (non-hydrogen) atoms. The molecule has 0 aliphatic heterocycles. The molecule has 1 aliphatic carbocycles. The second kappa shape index (κ2) is 7.82. The van der Waals surface area contributed by atoms with Crippen molar-refractivity contribution in [3.05, 3.63) is 62.6 Å². The molecule has 0 atom stereocenters. The van der Waals surface area contributed by atoms with Crippen molar-refractivity contribution < 1.29 is 4.79 Å². The van der Waals surface area contributed by atoms with Crippen molar-refractivity contribution >= 4 is 28.7 Å². The highest BCUT2D eigenvalue weighted by atomic mass is 32.2. The summed E-state index contributed by atoms with van der Waals surface area (Å²) in [7, 11) is 3.02. The van der Waals surface area contributed by atoms with Gasteiger partial charge in [0.25, 0.3) is 5.56 Å². The predicted octanol–water partition coefficient (Wildman–Crippen LogP) is 1.31. The van der Waals surface area contributed by atoms with Gasteiger partial charge in [0.2, 0.25) is 5.91 Å². The molecule has 0 radical (unpaired) electrons. The summed E-state index contributed by atoms with van der Waals surface area (Å²) < 4.78 is 2.41. The molecule has 3 aromatic rings. The van der Waals surface area contributed by atoms with Crippen LogP contribution in [0.1, 0.15) is 30.1 Å². The number of aromatic nitrogens is 4. The summed E-state index contributed by atoms with van der Waals surface area (Å²) in [5, 5.41) is 3.60. The first kappa shape index (κ1) is 19.4. The van der Waals surface area contributed by atoms with E-state index in [1.807, 2.05) is 30.3 Å². The maximum atomic E-state index is 12.7. The molecule has 8 nitrogen and oxygen atoms in total. The third-order valence-electron chi connectivity index (χ3n) is 4.90. The highest BCUT2D eigenvalue weighted by molar-refractivity contribution is 8.00. The van der Waals surface area contributed by atoms with Crippen LogP contribution in [0.25, 0.3) is 11.0 Å². The van der Waals surface area contributed by atoms with E-state index in [4.69, 9.17) is 0 Å². The van der Waals surface area contributed by atoms with Gasteiger partial charge in [0, 0.05) is 26.6 Å². The summed E-state index contributed by atoms with van der Waals surface area (Å²) in [6.45, 7) is 0.439. The summed E-state index contributed by atoms with van der Waals surface area (Å²) in [4.78, 5) is 46.4. The lowest BCUT2D eigenvalue weighted by molar-refractivity contribution is -0.118. The number of rotatable bonds is 6. The summed E-state index contributed by atoms with van der Waals surface area (Å²) in [6, 6.07) is 9.65. The van der Waals surface area contributed by atoms with Crippen LogP contribution in [0, 0.1) is 0 Å². The predicted molar refractivity (Wildman–Crippen MR) is 111 cm³/mol. The van der Waals surface area contributed by atoms with E-state index in [9.17, 15) is 14.4 Å². The lowest BCUT2D eigenvalue weighted by Crippen LogP contribution is -2.38. The van der Waals surface area contributed by atoms with Crippen molar-refractivity contribution in [1.29, 1.82) is 0 Å². The number of aryl methyl sites for hydroxylation is 1. The van der Waals surface area contributed by atoms with Crippen LogP contribution >= 0.6 is 11.8 Å². The molecule has 1 N–H and O–H groups in total. The number of fused-ring (bicyclic) bond motifs is 1. The number of carbonyl (C=O) groups excluding carboxylic acids is 1. The number of hydrogen-bond donors (Lipinski definition) is 1. The van der Waals surface area contributed by atoms with Crippen molar-refractivity contribution in [2.24, 2.45) is 14.1 Å². The molecule has 1 saturated carbocycles. The molecule has 9 heteroatoms. The Morgan fingerprint density at radius 3 is 2.55 bits per heavy atom. The minimum absolute atomic E-state index is 0.120. The normalized spacial score (nSPS) is 13.6. The first-order valence-electron chi connectivity index (χ1n) is 9.36. The van der Waals surface area contributed by atoms with Crippen molar-refractivity contribution in [2.45, 2.75) is 30.3 Å². The zero-order valence-corrected chi connectivity index (χ0v) is 17.0. The van der Waals surface area contributed by atoms with E-state index in [2.05, 4.69) is 15.3 Å². The Balaban J connectivity index is 1.61. The van der Waals surface area contributed by atoms with E-state index in [0.717, 1.165) is 23.0 Å². The molecular weight excluding hydrogens is 390 g/mol. The monoisotopic (exact) mass is 411 g/mol. The van der Waals surface area contributed by atoms with Gasteiger partial charge in [-0.2, -0.15) is 0 Å². The van der Waals surface area contributed by atoms with Gasteiger partial charge >= 0.3 is 5.69 Å². The number of carbonyl (C=O) groups is 1. The lowest BCUT2D eigenvalue weighted by Gasteiger charge is -2.11.